The van der Waals surface area contributed by atoms with Crippen molar-refractivity contribution >= 4 is 11.8 Å². The molecule has 0 saturated carbocycles. The van der Waals surface area contributed by atoms with Crippen molar-refractivity contribution in [3.63, 3.8) is 0 Å². The molecule has 22 heavy (non-hydrogen) atoms. The first-order chi connectivity index (χ1) is 10.6. The Hall–Kier alpha value is -0.430. The minimum absolute atomic E-state index is 1.28. The lowest BCUT2D eigenvalue weighted by atomic mass is 10.1. The van der Waals surface area contributed by atoms with Crippen LogP contribution in [0.1, 0.15) is 87.8 Å². The zero-order valence-corrected chi connectivity index (χ0v) is 16.2. The second kappa shape index (κ2) is 12.0. The monoisotopic (exact) mass is 320 g/mol. The molecule has 0 heterocycles. The maximum absolute atomic E-state index is 2.31. The average Bonchev–Trinajstić information content (AvgIpc) is 2.46. The van der Waals surface area contributed by atoms with E-state index in [0.29, 0.717) is 0 Å². The molecule has 1 aromatic rings. The summed E-state index contributed by atoms with van der Waals surface area (Å²) in [4.78, 5) is 1.52. The fourth-order valence-corrected chi connectivity index (χ4v) is 4.28. The average molecular weight is 321 g/mol. The van der Waals surface area contributed by atoms with Crippen LogP contribution in [0.3, 0.4) is 0 Å². The van der Waals surface area contributed by atoms with E-state index < -0.39 is 0 Å². The number of rotatable bonds is 12. The Morgan fingerprint density at radius 3 is 1.64 bits per heavy atom. The molecule has 1 rings (SSSR count). The van der Waals surface area contributed by atoms with E-state index in [1.807, 2.05) is 0 Å². The summed E-state index contributed by atoms with van der Waals surface area (Å²) in [5.41, 5.74) is 4.29. The summed E-state index contributed by atoms with van der Waals surface area (Å²) >= 11 is 2.06. The fourth-order valence-electron chi connectivity index (χ4n) is 3.16. The van der Waals surface area contributed by atoms with Crippen molar-refractivity contribution in [3.05, 3.63) is 28.8 Å². The Morgan fingerprint density at radius 1 is 0.682 bits per heavy atom. The predicted octanol–water partition coefficient (Wildman–Crippen LogP) is 7.62. The van der Waals surface area contributed by atoms with E-state index in [9.17, 15) is 0 Å². The van der Waals surface area contributed by atoms with E-state index in [2.05, 4.69) is 51.6 Å². The normalized spacial score (nSPS) is 11.1. The summed E-state index contributed by atoms with van der Waals surface area (Å²) in [5, 5.41) is 0. The SMILES string of the molecule is CCCCCCCCCCCCSc1c(C)cc(C)cc1C. The Labute approximate surface area is 143 Å². The third-order valence-corrected chi connectivity index (χ3v) is 5.77. The first-order valence-electron chi connectivity index (χ1n) is 9.35. The van der Waals surface area contributed by atoms with Crippen molar-refractivity contribution in [3.8, 4) is 0 Å². The molecule has 0 aliphatic rings. The van der Waals surface area contributed by atoms with E-state index in [1.165, 1.54) is 91.5 Å². The summed E-state index contributed by atoms with van der Waals surface area (Å²) in [7, 11) is 0. The predicted molar refractivity (Wildman–Crippen MR) is 103 cm³/mol. The van der Waals surface area contributed by atoms with Crippen LogP contribution in [-0.4, -0.2) is 5.75 Å². The van der Waals surface area contributed by atoms with Gasteiger partial charge in [-0.05, 0) is 44.1 Å². The Morgan fingerprint density at radius 2 is 1.14 bits per heavy atom. The highest BCUT2D eigenvalue weighted by Gasteiger charge is 2.04. The Bertz CT molecular complexity index is 385. The molecule has 1 heteroatoms. The van der Waals surface area contributed by atoms with E-state index in [1.54, 1.807) is 0 Å². The van der Waals surface area contributed by atoms with Crippen LogP contribution < -0.4 is 0 Å². The maximum Gasteiger partial charge on any atom is 0.0131 e. The summed E-state index contributed by atoms with van der Waals surface area (Å²) < 4.78 is 0. The van der Waals surface area contributed by atoms with Gasteiger partial charge < -0.3 is 0 Å². The first kappa shape index (κ1) is 19.6. The minimum atomic E-state index is 1.28. The van der Waals surface area contributed by atoms with Crippen molar-refractivity contribution in [1.29, 1.82) is 0 Å². The quantitative estimate of drug-likeness (QED) is 0.282. The minimum Gasteiger partial charge on any atom is -0.126 e. The van der Waals surface area contributed by atoms with Gasteiger partial charge in [0.1, 0.15) is 0 Å². The first-order valence-corrected chi connectivity index (χ1v) is 10.3. The van der Waals surface area contributed by atoms with E-state index in [-0.39, 0.29) is 0 Å². The van der Waals surface area contributed by atoms with Crippen molar-refractivity contribution in [2.24, 2.45) is 0 Å². The molecule has 126 valence electrons. The van der Waals surface area contributed by atoms with Gasteiger partial charge in [-0.3, -0.25) is 0 Å². The third-order valence-electron chi connectivity index (χ3n) is 4.35. The maximum atomic E-state index is 2.31. The zero-order chi connectivity index (χ0) is 16.2. The zero-order valence-electron chi connectivity index (χ0n) is 15.3. The number of aryl methyl sites for hydroxylation is 3. The molecule has 0 atom stereocenters. The van der Waals surface area contributed by atoms with Crippen molar-refractivity contribution in [1.82, 2.24) is 0 Å². The summed E-state index contributed by atoms with van der Waals surface area (Å²) in [6.07, 6.45) is 14.2. The van der Waals surface area contributed by atoms with Gasteiger partial charge in [0.25, 0.3) is 0 Å². The van der Waals surface area contributed by atoms with Gasteiger partial charge in [-0.25, -0.2) is 0 Å². The van der Waals surface area contributed by atoms with Gasteiger partial charge in [-0.1, -0.05) is 82.4 Å². The van der Waals surface area contributed by atoms with Gasteiger partial charge in [0, 0.05) is 4.90 Å². The molecule has 0 fully saturated rings. The highest BCUT2D eigenvalue weighted by Crippen LogP contribution is 2.28. The van der Waals surface area contributed by atoms with Crippen LogP contribution in [0.4, 0.5) is 0 Å². The summed E-state index contributed by atoms with van der Waals surface area (Å²) in [5.74, 6) is 1.28. The standard InChI is InChI=1S/C21H36S/c1-5-6-7-8-9-10-11-12-13-14-15-22-21-19(3)16-18(2)17-20(21)4/h16-17H,5-15H2,1-4H3. The molecule has 0 aliphatic carbocycles. The number of benzene rings is 1. The van der Waals surface area contributed by atoms with Gasteiger partial charge >= 0.3 is 0 Å². The second-order valence-electron chi connectivity index (χ2n) is 6.76. The van der Waals surface area contributed by atoms with Crippen LogP contribution in [0.5, 0.6) is 0 Å². The van der Waals surface area contributed by atoms with Crippen molar-refractivity contribution in [2.75, 3.05) is 5.75 Å². The molecule has 0 unspecified atom stereocenters. The lowest BCUT2D eigenvalue weighted by Crippen LogP contribution is -1.90. The highest BCUT2D eigenvalue weighted by atomic mass is 32.2. The number of unbranched alkanes of at least 4 members (excludes halogenated alkanes) is 9. The van der Waals surface area contributed by atoms with Crippen LogP contribution in [0, 0.1) is 20.8 Å². The Balaban J connectivity index is 2.02. The summed E-state index contributed by atoms with van der Waals surface area (Å²) in [6, 6.07) is 4.63. The van der Waals surface area contributed by atoms with Gasteiger partial charge in [-0.15, -0.1) is 11.8 Å². The molecular formula is C21H36S. The molecule has 0 nitrogen and oxygen atoms in total. The molecular weight excluding hydrogens is 284 g/mol. The lowest BCUT2D eigenvalue weighted by molar-refractivity contribution is 0.563. The van der Waals surface area contributed by atoms with E-state index in [4.69, 9.17) is 0 Å². The highest BCUT2D eigenvalue weighted by molar-refractivity contribution is 7.99. The molecule has 0 spiro atoms. The molecule has 0 radical (unpaired) electrons. The third kappa shape index (κ3) is 8.27. The topological polar surface area (TPSA) is 0 Å². The number of hydrogen-bond acceptors (Lipinski definition) is 1. The van der Waals surface area contributed by atoms with Crippen LogP contribution in [0.15, 0.2) is 17.0 Å². The Kier molecular flexibility index (Phi) is 10.7. The van der Waals surface area contributed by atoms with Gasteiger partial charge in [0.15, 0.2) is 0 Å². The number of thioether (sulfide) groups is 1. The van der Waals surface area contributed by atoms with Crippen LogP contribution in [0.25, 0.3) is 0 Å². The fraction of sp³-hybridized carbons (Fsp3) is 0.714. The smallest absolute Gasteiger partial charge is 0.0131 e. The largest absolute Gasteiger partial charge is 0.126 e. The van der Waals surface area contributed by atoms with Crippen LogP contribution >= 0.6 is 11.8 Å². The van der Waals surface area contributed by atoms with Crippen molar-refractivity contribution in [2.45, 2.75) is 96.8 Å². The van der Waals surface area contributed by atoms with Crippen LogP contribution in [-0.2, 0) is 0 Å². The molecule has 1 aromatic carbocycles. The van der Waals surface area contributed by atoms with Crippen LogP contribution in [0.2, 0.25) is 0 Å². The lowest BCUT2D eigenvalue weighted by Gasteiger charge is -2.10. The van der Waals surface area contributed by atoms with E-state index in [0.717, 1.165) is 0 Å². The second-order valence-corrected chi connectivity index (χ2v) is 7.86. The van der Waals surface area contributed by atoms with Gasteiger partial charge in [0.05, 0.1) is 0 Å². The van der Waals surface area contributed by atoms with Gasteiger partial charge in [-0.2, -0.15) is 0 Å². The molecule has 0 N–H and O–H groups in total. The number of hydrogen-bond donors (Lipinski definition) is 0. The molecule has 0 saturated heterocycles. The summed E-state index contributed by atoms with van der Waals surface area (Å²) in [6.45, 7) is 8.98. The van der Waals surface area contributed by atoms with E-state index >= 15 is 0 Å². The molecule has 0 bridgehead atoms. The molecule has 0 aromatic heterocycles. The van der Waals surface area contributed by atoms with Gasteiger partial charge in [0.2, 0.25) is 0 Å². The molecule has 0 aliphatic heterocycles. The van der Waals surface area contributed by atoms with Crippen molar-refractivity contribution < 1.29 is 0 Å². The molecule has 0 amide bonds.